The number of imide groups is 1. The first-order valence-electron chi connectivity index (χ1n) is 8.24. The number of halogens is 1. The molecule has 0 spiro atoms. The summed E-state index contributed by atoms with van der Waals surface area (Å²) < 4.78 is 6.03. The van der Waals surface area contributed by atoms with E-state index in [1.807, 2.05) is 12.1 Å². The maximum Gasteiger partial charge on any atom is 0.338 e. The molecule has 7 nitrogen and oxygen atoms in total. The fourth-order valence-electron chi connectivity index (χ4n) is 2.66. The molecule has 0 aromatic heterocycles. The molecule has 0 saturated heterocycles. The predicted octanol–water partition coefficient (Wildman–Crippen LogP) is 2.87. The monoisotopic (exact) mass is 490 g/mol. The lowest BCUT2D eigenvalue weighted by Gasteiger charge is -2.09. The maximum absolute atomic E-state index is 12.3. The fourth-order valence-corrected chi connectivity index (χ4v) is 3.02. The van der Waals surface area contributed by atoms with E-state index < -0.39 is 30.3 Å². The molecule has 0 radical (unpaired) electrons. The van der Waals surface area contributed by atoms with Crippen molar-refractivity contribution in [1.82, 2.24) is 4.90 Å². The van der Waals surface area contributed by atoms with Crippen molar-refractivity contribution in [1.29, 1.82) is 0 Å². The first-order chi connectivity index (χ1) is 13.4. The van der Waals surface area contributed by atoms with Crippen LogP contribution in [0.4, 0.5) is 5.69 Å². The molecule has 8 heteroatoms. The number of carbonyl (C=O) groups is 4. The smallest absolute Gasteiger partial charge is 0.338 e. The van der Waals surface area contributed by atoms with Crippen molar-refractivity contribution in [2.24, 2.45) is 0 Å². The molecule has 0 bridgehead atoms. The topological polar surface area (TPSA) is 92.8 Å². The average molecular weight is 490 g/mol. The number of ether oxygens (including phenoxy) is 1. The summed E-state index contributed by atoms with van der Waals surface area (Å²) >= 11 is 2.15. The number of nitrogens with one attached hydrogen (secondary N) is 1. The summed E-state index contributed by atoms with van der Waals surface area (Å²) in [6.45, 7) is 3.13. The van der Waals surface area contributed by atoms with Crippen molar-refractivity contribution in [3.05, 3.63) is 75.4 Å². The van der Waals surface area contributed by atoms with Crippen LogP contribution in [0.25, 0.3) is 0 Å². The molecule has 2 aromatic rings. The number of esters is 1. The van der Waals surface area contributed by atoms with Gasteiger partial charge in [-0.1, -0.05) is 6.08 Å². The molecule has 142 valence electrons. The first kappa shape index (κ1) is 19.7. The average Bonchev–Trinajstić information content (AvgIpc) is 2.92. The summed E-state index contributed by atoms with van der Waals surface area (Å²) in [6, 6.07) is 11.2. The standard InChI is InChI=1S/C20H15IN2O5/c1-2-9-23-18(25)15-8-3-12(10-16(15)19(23)26)20(27)28-11-17(24)22-14-6-4-13(21)5-7-14/h2-8,10H,1,9,11H2,(H,22,24). The third-order valence-corrected chi connectivity index (χ3v) is 4.70. The van der Waals surface area contributed by atoms with Crippen LogP contribution in [0, 0.1) is 3.57 Å². The van der Waals surface area contributed by atoms with Gasteiger partial charge in [0.2, 0.25) is 0 Å². The molecule has 1 N–H and O–H groups in total. The fraction of sp³-hybridized carbons (Fsp3) is 0.100. The quantitative estimate of drug-likeness (QED) is 0.291. The van der Waals surface area contributed by atoms with Gasteiger partial charge in [-0.15, -0.1) is 6.58 Å². The van der Waals surface area contributed by atoms with Gasteiger partial charge in [0, 0.05) is 15.8 Å². The van der Waals surface area contributed by atoms with E-state index in [0.29, 0.717) is 5.69 Å². The Labute approximate surface area is 174 Å². The molecule has 0 fully saturated rings. The number of benzene rings is 2. The molecule has 0 saturated carbocycles. The Morgan fingerprint density at radius 1 is 1.07 bits per heavy atom. The van der Waals surface area contributed by atoms with Crippen molar-refractivity contribution < 1.29 is 23.9 Å². The Kier molecular flexibility index (Phi) is 5.88. The van der Waals surface area contributed by atoms with Gasteiger partial charge < -0.3 is 10.1 Å². The van der Waals surface area contributed by atoms with Gasteiger partial charge in [-0.05, 0) is 65.1 Å². The summed E-state index contributed by atoms with van der Waals surface area (Å²) in [5, 5.41) is 2.62. The first-order valence-corrected chi connectivity index (χ1v) is 9.32. The molecule has 28 heavy (non-hydrogen) atoms. The minimum absolute atomic E-state index is 0.0856. The molecule has 2 aromatic carbocycles. The Morgan fingerprint density at radius 2 is 1.75 bits per heavy atom. The summed E-state index contributed by atoms with van der Waals surface area (Å²) in [7, 11) is 0. The van der Waals surface area contributed by atoms with Crippen LogP contribution in [0.3, 0.4) is 0 Å². The zero-order valence-corrected chi connectivity index (χ0v) is 16.8. The largest absolute Gasteiger partial charge is 0.452 e. The highest BCUT2D eigenvalue weighted by molar-refractivity contribution is 14.1. The van der Waals surface area contributed by atoms with Crippen LogP contribution >= 0.6 is 22.6 Å². The molecule has 0 atom stereocenters. The highest BCUT2D eigenvalue weighted by atomic mass is 127. The third-order valence-electron chi connectivity index (χ3n) is 3.98. The molecule has 1 aliphatic rings. The van der Waals surface area contributed by atoms with Crippen molar-refractivity contribution in [2.75, 3.05) is 18.5 Å². The second kappa shape index (κ2) is 8.34. The lowest BCUT2D eigenvalue weighted by molar-refractivity contribution is -0.119. The lowest BCUT2D eigenvalue weighted by atomic mass is 10.1. The Hall–Kier alpha value is -3.01. The van der Waals surface area contributed by atoms with Gasteiger partial charge in [-0.2, -0.15) is 0 Å². The van der Waals surface area contributed by atoms with Crippen LogP contribution in [0.5, 0.6) is 0 Å². The van der Waals surface area contributed by atoms with Gasteiger partial charge in [0.15, 0.2) is 6.61 Å². The minimum atomic E-state index is -0.761. The van der Waals surface area contributed by atoms with E-state index in [1.165, 1.54) is 24.3 Å². The van der Waals surface area contributed by atoms with Gasteiger partial charge >= 0.3 is 5.97 Å². The predicted molar refractivity (Wildman–Crippen MR) is 110 cm³/mol. The normalized spacial score (nSPS) is 12.5. The molecule has 1 heterocycles. The van der Waals surface area contributed by atoms with Crippen LogP contribution in [-0.2, 0) is 9.53 Å². The number of rotatable bonds is 6. The highest BCUT2D eigenvalue weighted by Gasteiger charge is 2.35. The SMILES string of the molecule is C=CCN1C(=O)c2ccc(C(=O)OCC(=O)Nc3ccc(I)cc3)cc2C1=O. The van der Waals surface area contributed by atoms with Crippen LogP contribution in [0.1, 0.15) is 31.1 Å². The number of carbonyl (C=O) groups excluding carboxylic acids is 4. The second-order valence-electron chi connectivity index (χ2n) is 5.90. The number of nitrogens with zero attached hydrogens (tertiary/aromatic N) is 1. The molecule has 0 unspecified atom stereocenters. The zero-order valence-electron chi connectivity index (χ0n) is 14.6. The molecule has 3 amide bonds. The zero-order chi connectivity index (χ0) is 20.3. The number of fused-ring (bicyclic) bond motifs is 1. The minimum Gasteiger partial charge on any atom is -0.452 e. The summed E-state index contributed by atoms with van der Waals surface area (Å²) in [6.07, 6.45) is 1.45. The number of hydrogen-bond donors (Lipinski definition) is 1. The van der Waals surface area contributed by atoms with E-state index in [4.69, 9.17) is 4.74 Å². The van der Waals surface area contributed by atoms with Crippen LogP contribution in [0.2, 0.25) is 0 Å². The van der Waals surface area contributed by atoms with E-state index in [-0.39, 0.29) is 23.2 Å². The van der Waals surface area contributed by atoms with E-state index >= 15 is 0 Å². The van der Waals surface area contributed by atoms with E-state index in [1.54, 1.807) is 12.1 Å². The summed E-state index contributed by atoms with van der Waals surface area (Å²) in [5.74, 6) is -2.18. The van der Waals surface area contributed by atoms with Crippen LogP contribution in [-0.4, -0.2) is 41.7 Å². The van der Waals surface area contributed by atoms with Crippen molar-refractivity contribution in [3.8, 4) is 0 Å². The van der Waals surface area contributed by atoms with Gasteiger partial charge in [-0.3, -0.25) is 19.3 Å². The Bertz CT molecular complexity index is 985. The van der Waals surface area contributed by atoms with Gasteiger partial charge in [0.05, 0.1) is 16.7 Å². The van der Waals surface area contributed by atoms with E-state index in [2.05, 4.69) is 34.5 Å². The third kappa shape index (κ3) is 4.11. The molecule has 3 rings (SSSR count). The highest BCUT2D eigenvalue weighted by Crippen LogP contribution is 2.24. The van der Waals surface area contributed by atoms with Crippen molar-refractivity contribution >= 4 is 52.0 Å². The van der Waals surface area contributed by atoms with Crippen LogP contribution in [0.15, 0.2) is 55.1 Å². The van der Waals surface area contributed by atoms with Gasteiger partial charge in [0.25, 0.3) is 17.7 Å². The van der Waals surface area contributed by atoms with Crippen molar-refractivity contribution in [3.63, 3.8) is 0 Å². The Morgan fingerprint density at radius 3 is 2.43 bits per heavy atom. The maximum atomic E-state index is 12.3. The molecule has 1 aliphatic heterocycles. The molecular formula is C20H15IN2O5. The number of amides is 3. The van der Waals surface area contributed by atoms with Crippen LogP contribution < -0.4 is 5.32 Å². The Balaban J connectivity index is 1.63. The van der Waals surface area contributed by atoms with E-state index in [9.17, 15) is 19.2 Å². The lowest BCUT2D eigenvalue weighted by Crippen LogP contribution is -2.29. The number of hydrogen-bond acceptors (Lipinski definition) is 5. The molecular weight excluding hydrogens is 475 g/mol. The van der Waals surface area contributed by atoms with Gasteiger partial charge in [0.1, 0.15) is 0 Å². The number of anilines is 1. The van der Waals surface area contributed by atoms with Crippen molar-refractivity contribution in [2.45, 2.75) is 0 Å². The van der Waals surface area contributed by atoms with E-state index in [0.717, 1.165) is 8.47 Å². The summed E-state index contributed by atoms with van der Waals surface area (Å²) in [4.78, 5) is 49.7. The van der Waals surface area contributed by atoms with Gasteiger partial charge in [-0.25, -0.2) is 4.79 Å². The molecule has 0 aliphatic carbocycles. The summed E-state index contributed by atoms with van der Waals surface area (Å²) in [5.41, 5.74) is 1.03. The second-order valence-corrected chi connectivity index (χ2v) is 7.15.